The van der Waals surface area contributed by atoms with Gasteiger partial charge in [0.05, 0.1) is 5.92 Å². The lowest BCUT2D eigenvalue weighted by molar-refractivity contribution is -0.137. The summed E-state index contributed by atoms with van der Waals surface area (Å²) >= 11 is 0. The minimum atomic E-state index is -0.269. The van der Waals surface area contributed by atoms with Gasteiger partial charge in [0.2, 0.25) is 11.8 Å². The van der Waals surface area contributed by atoms with Gasteiger partial charge in [-0.1, -0.05) is 11.2 Å². The Hall–Kier alpha value is -2.77. The molecule has 0 aliphatic carbocycles. The van der Waals surface area contributed by atoms with Crippen molar-refractivity contribution in [1.29, 1.82) is 0 Å². The second-order valence-electron chi connectivity index (χ2n) is 8.87. The molecular formula is C21H27N5O3. The molecule has 0 unspecified atom stereocenters. The number of piperidine rings is 1. The Morgan fingerprint density at radius 1 is 1.24 bits per heavy atom. The van der Waals surface area contributed by atoms with E-state index in [-0.39, 0.29) is 29.2 Å². The Kier molecular flexibility index (Phi) is 5.10. The zero-order chi connectivity index (χ0) is 20.6. The van der Waals surface area contributed by atoms with Crippen LogP contribution in [0.4, 0.5) is 0 Å². The van der Waals surface area contributed by atoms with Crippen LogP contribution in [0.2, 0.25) is 0 Å². The number of carbonyl (C=O) groups excluding carboxylic acids is 2. The van der Waals surface area contributed by atoms with E-state index in [0.717, 1.165) is 12.8 Å². The van der Waals surface area contributed by atoms with E-state index in [2.05, 4.69) is 15.1 Å². The zero-order valence-corrected chi connectivity index (χ0v) is 17.2. The highest BCUT2D eigenvalue weighted by Gasteiger charge is 2.41. The maximum absolute atomic E-state index is 13.1. The van der Waals surface area contributed by atoms with Crippen LogP contribution in [0.5, 0.6) is 0 Å². The average Bonchev–Trinajstić information content (AvgIpc) is 3.35. The van der Waals surface area contributed by atoms with Crippen molar-refractivity contribution >= 4 is 11.8 Å². The summed E-state index contributed by atoms with van der Waals surface area (Å²) in [6.45, 7) is 7.77. The third kappa shape index (κ3) is 4.02. The van der Waals surface area contributed by atoms with Gasteiger partial charge in [-0.05, 0) is 45.7 Å². The van der Waals surface area contributed by atoms with E-state index in [9.17, 15) is 9.59 Å². The van der Waals surface area contributed by atoms with Gasteiger partial charge in [0, 0.05) is 43.7 Å². The average molecular weight is 397 g/mol. The van der Waals surface area contributed by atoms with Crippen molar-refractivity contribution in [2.45, 2.75) is 51.5 Å². The van der Waals surface area contributed by atoms with E-state index in [1.54, 1.807) is 6.20 Å². The molecular weight excluding hydrogens is 370 g/mol. The molecule has 2 fully saturated rings. The molecule has 8 nitrogen and oxygen atoms in total. The number of likely N-dealkylation sites (tertiary alicyclic amines) is 2. The molecule has 0 aromatic carbocycles. The lowest BCUT2D eigenvalue weighted by Gasteiger charge is -2.34. The number of amides is 2. The summed E-state index contributed by atoms with van der Waals surface area (Å²) in [5, 5.41) is 4.14. The van der Waals surface area contributed by atoms with Crippen LogP contribution in [0.3, 0.4) is 0 Å². The molecule has 2 amide bonds. The number of pyridine rings is 1. The van der Waals surface area contributed by atoms with E-state index < -0.39 is 0 Å². The van der Waals surface area contributed by atoms with Gasteiger partial charge in [-0.2, -0.15) is 4.98 Å². The number of nitrogens with zero attached hydrogens (tertiary/aromatic N) is 5. The Bertz CT molecular complexity index is 889. The van der Waals surface area contributed by atoms with Gasteiger partial charge >= 0.3 is 0 Å². The van der Waals surface area contributed by atoms with E-state index in [0.29, 0.717) is 43.5 Å². The van der Waals surface area contributed by atoms with Crippen molar-refractivity contribution in [2.75, 3.05) is 19.6 Å². The van der Waals surface area contributed by atoms with E-state index in [1.807, 2.05) is 48.8 Å². The van der Waals surface area contributed by atoms with Crippen LogP contribution in [-0.2, 0) is 9.59 Å². The number of rotatable bonds is 3. The standard InChI is InChI=1S/C21H27N5O3/c1-21(2,3)26-13-15(11-17(26)27)20(28)25-10-6-7-14(12-25)18-23-19(29-24-18)16-8-4-5-9-22-16/h4-5,8-9,14-15H,6-7,10-13H2,1-3H3/t14-,15+/m1/s1. The van der Waals surface area contributed by atoms with Gasteiger partial charge in [-0.15, -0.1) is 0 Å². The summed E-state index contributed by atoms with van der Waals surface area (Å²) in [7, 11) is 0. The first-order chi connectivity index (χ1) is 13.8. The summed E-state index contributed by atoms with van der Waals surface area (Å²) in [6.07, 6.45) is 3.77. The van der Waals surface area contributed by atoms with Gasteiger partial charge < -0.3 is 14.3 Å². The minimum Gasteiger partial charge on any atom is -0.342 e. The fraction of sp³-hybridized carbons (Fsp3) is 0.571. The molecule has 2 atom stereocenters. The first-order valence-electron chi connectivity index (χ1n) is 10.2. The lowest BCUT2D eigenvalue weighted by atomic mass is 9.95. The highest BCUT2D eigenvalue weighted by Crippen LogP contribution is 2.31. The number of aromatic nitrogens is 3. The molecule has 4 rings (SSSR count). The highest BCUT2D eigenvalue weighted by molar-refractivity contribution is 5.89. The second kappa shape index (κ2) is 7.57. The fourth-order valence-electron chi connectivity index (χ4n) is 4.16. The molecule has 0 saturated carbocycles. The Labute approximate surface area is 170 Å². The summed E-state index contributed by atoms with van der Waals surface area (Å²) in [6, 6.07) is 5.53. The number of hydrogen-bond acceptors (Lipinski definition) is 6. The summed E-state index contributed by atoms with van der Waals surface area (Å²) in [5.41, 5.74) is 0.380. The smallest absolute Gasteiger partial charge is 0.276 e. The summed E-state index contributed by atoms with van der Waals surface area (Å²) in [4.78, 5) is 37.9. The number of hydrogen-bond donors (Lipinski definition) is 0. The second-order valence-corrected chi connectivity index (χ2v) is 8.87. The molecule has 0 radical (unpaired) electrons. The van der Waals surface area contributed by atoms with Gasteiger partial charge in [0.25, 0.3) is 5.89 Å². The monoisotopic (exact) mass is 397 g/mol. The van der Waals surface area contributed by atoms with Gasteiger partial charge in [-0.25, -0.2) is 0 Å². The maximum atomic E-state index is 13.1. The van der Waals surface area contributed by atoms with E-state index in [4.69, 9.17) is 4.52 Å². The van der Waals surface area contributed by atoms with Crippen LogP contribution in [0.25, 0.3) is 11.6 Å². The molecule has 2 aromatic heterocycles. The molecule has 0 N–H and O–H groups in total. The summed E-state index contributed by atoms with van der Waals surface area (Å²) < 4.78 is 5.39. The van der Waals surface area contributed by atoms with Gasteiger partial charge in [0.1, 0.15) is 5.69 Å². The first-order valence-corrected chi connectivity index (χ1v) is 10.2. The van der Waals surface area contributed by atoms with Crippen LogP contribution < -0.4 is 0 Å². The molecule has 154 valence electrons. The largest absolute Gasteiger partial charge is 0.342 e. The third-order valence-corrected chi connectivity index (χ3v) is 5.71. The topological polar surface area (TPSA) is 92.4 Å². The quantitative estimate of drug-likeness (QED) is 0.790. The molecule has 2 aromatic rings. The lowest BCUT2D eigenvalue weighted by Crippen LogP contribution is -2.45. The molecule has 2 saturated heterocycles. The van der Waals surface area contributed by atoms with E-state index in [1.165, 1.54) is 0 Å². The normalized spacial score (nSPS) is 22.9. The van der Waals surface area contributed by atoms with Crippen molar-refractivity contribution < 1.29 is 14.1 Å². The SMILES string of the molecule is CC(C)(C)N1C[C@@H](C(=O)N2CCC[C@@H](c3noc(-c4ccccn4)n3)C2)CC1=O. The minimum absolute atomic E-state index is 0.0322. The van der Waals surface area contributed by atoms with Crippen LogP contribution in [0.1, 0.15) is 51.8 Å². The molecule has 0 bridgehead atoms. The number of carbonyl (C=O) groups is 2. The third-order valence-electron chi connectivity index (χ3n) is 5.71. The first kappa shape index (κ1) is 19.5. The Balaban J connectivity index is 1.43. The zero-order valence-electron chi connectivity index (χ0n) is 17.2. The predicted octanol–water partition coefficient (Wildman–Crippen LogP) is 2.48. The van der Waals surface area contributed by atoms with Crippen molar-refractivity contribution in [3.8, 4) is 11.6 Å². The Morgan fingerprint density at radius 2 is 2.07 bits per heavy atom. The Morgan fingerprint density at radius 3 is 2.76 bits per heavy atom. The van der Waals surface area contributed by atoms with Crippen LogP contribution in [0.15, 0.2) is 28.9 Å². The molecule has 29 heavy (non-hydrogen) atoms. The maximum Gasteiger partial charge on any atom is 0.276 e. The molecule has 2 aliphatic rings. The molecule has 8 heteroatoms. The van der Waals surface area contributed by atoms with Crippen molar-refractivity contribution in [1.82, 2.24) is 24.9 Å². The molecule has 2 aliphatic heterocycles. The van der Waals surface area contributed by atoms with Crippen molar-refractivity contribution in [2.24, 2.45) is 5.92 Å². The van der Waals surface area contributed by atoms with Gasteiger partial charge in [-0.3, -0.25) is 14.6 Å². The van der Waals surface area contributed by atoms with Crippen LogP contribution >= 0.6 is 0 Å². The molecule has 0 spiro atoms. The van der Waals surface area contributed by atoms with Crippen molar-refractivity contribution in [3.63, 3.8) is 0 Å². The summed E-state index contributed by atoms with van der Waals surface area (Å²) in [5.74, 6) is 0.888. The van der Waals surface area contributed by atoms with Crippen molar-refractivity contribution in [3.05, 3.63) is 30.2 Å². The highest BCUT2D eigenvalue weighted by atomic mass is 16.5. The van der Waals surface area contributed by atoms with Gasteiger partial charge in [0.15, 0.2) is 5.82 Å². The van der Waals surface area contributed by atoms with E-state index >= 15 is 0 Å². The predicted molar refractivity (Wildman–Crippen MR) is 106 cm³/mol. The fourth-order valence-corrected chi connectivity index (χ4v) is 4.16. The van der Waals surface area contributed by atoms with Crippen LogP contribution in [-0.4, -0.2) is 61.9 Å². The molecule has 4 heterocycles. The van der Waals surface area contributed by atoms with Crippen LogP contribution in [0, 0.1) is 5.92 Å².